The molecule has 1 fully saturated rings. The number of aromatic amines is 1. The van der Waals surface area contributed by atoms with Crippen LogP contribution in [0.1, 0.15) is 38.2 Å². The minimum absolute atomic E-state index is 0.0337. The monoisotopic (exact) mass is 272 g/mol. The maximum absolute atomic E-state index is 12.6. The lowest BCUT2D eigenvalue weighted by atomic mass is 10.1. The standard InChI is InChI=1S/C11H20N4O2S/c1-9-5-3-2-4-6-15(9)18(16,17)11-10(7-12)8-13-14-11/h8-9H,2-7,12H2,1H3,(H,13,14). The van der Waals surface area contributed by atoms with Crippen LogP contribution in [0.5, 0.6) is 0 Å². The van der Waals surface area contributed by atoms with Gasteiger partial charge in [0.15, 0.2) is 5.03 Å². The number of nitrogens with one attached hydrogen (secondary N) is 1. The molecule has 18 heavy (non-hydrogen) atoms. The van der Waals surface area contributed by atoms with Crippen LogP contribution in [0.15, 0.2) is 11.2 Å². The molecule has 1 aromatic heterocycles. The van der Waals surface area contributed by atoms with Crippen molar-refractivity contribution in [1.29, 1.82) is 0 Å². The van der Waals surface area contributed by atoms with E-state index in [4.69, 9.17) is 5.73 Å². The number of hydrogen-bond acceptors (Lipinski definition) is 4. The highest BCUT2D eigenvalue weighted by Gasteiger charge is 2.32. The summed E-state index contributed by atoms with van der Waals surface area (Å²) in [6.07, 6.45) is 5.47. The van der Waals surface area contributed by atoms with E-state index in [-0.39, 0.29) is 17.6 Å². The minimum Gasteiger partial charge on any atom is -0.326 e. The molecule has 0 amide bonds. The smallest absolute Gasteiger partial charge is 0.260 e. The Labute approximate surface area is 108 Å². The molecule has 0 spiro atoms. The van der Waals surface area contributed by atoms with Gasteiger partial charge in [-0.05, 0) is 19.8 Å². The van der Waals surface area contributed by atoms with Gasteiger partial charge in [0.25, 0.3) is 10.0 Å². The van der Waals surface area contributed by atoms with Crippen LogP contribution >= 0.6 is 0 Å². The van der Waals surface area contributed by atoms with Gasteiger partial charge >= 0.3 is 0 Å². The summed E-state index contributed by atoms with van der Waals surface area (Å²) in [5, 5.41) is 6.52. The zero-order valence-electron chi connectivity index (χ0n) is 10.6. The van der Waals surface area contributed by atoms with Crippen molar-refractivity contribution in [3.05, 3.63) is 11.8 Å². The molecule has 1 saturated heterocycles. The van der Waals surface area contributed by atoms with Gasteiger partial charge in [-0.2, -0.15) is 9.40 Å². The SMILES string of the molecule is CC1CCCCCN1S(=O)(=O)c1[nH]ncc1CN. The molecule has 1 aliphatic heterocycles. The number of nitrogens with two attached hydrogens (primary N) is 1. The lowest BCUT2D eigenvalue weighted by Gasteiger charge is -2.25. The van der Waals surface area contributed by atoms with Crippen LogP contribution in [0.2, 0.25) is 0 Å². The van der Waals surface area contributed by atoms with Crippen molar-refractivity contribution in [2.24, 2.45) is 5.73 Å². The van der Waals surface area contributed by atoms with Gasteiger partial charge in [0.2, 0.25) is 0 Å². The average molecular weight is 272 g/mol. The van der Waals surface area contributed by atoms with Crippen molar-refractivity contribution < 1.29 is 8.42 Å². The normalized spacial score (nSPS) is 22.9. The van der Waals surface area contributed by atoms with Gasteiger partial charge < -0.3 is 5.73 Å². The van der Waals surface area contributed by atoms with Crippen LogP contribution in [0.4, 0.5) is 0 Å². The van der Waals surface area contributed by atoms with Crippen molar-refractivity contribution in [2.45, 2.75) is 50.2 Å². The first-order chi connectivity index (χ1) is 8.57. The molecular weight excluding hydrogens is 252 g/mol. The molecule has 1 aromatic rings. The lowest BCUT2D eigenvalue weighted by molar-refractivity contribution is 0.340. The van der Waals surface area contributed by atoms with Crippen LogP contribution in [0.25, 0.3) is 0 Å². The molecule has 2 heterocycles. The molecule has 102 valence electrons. The van der Waals surface area contributed by atoms with Gasteiger partial charge in [0.1, 0.15) is 0 Å². The van der Waals surface area contributed by atoms with E-state index < -0.39 is 10.0 Å². The number of nitrogens with zero attached hydrogens (tertiary/aromatic N) is 2. The minimum atomic E-state index is -3.50. The molecule has 1 atom stereocenters. The lowest BCUT2D eigenvalue weighted by Crippen LogP contribution is -2.38. The van der Waals surface area contributed by atoms with Crippen LogP contribution in [0, 0.1) is 0 Å². The fraction of sp³-hybridized carbons (Fsp3) is 0.727. The van der Waals surface area contributed by atoms with Gasteiger partial charge in [-0.1, -0.05) is 12.8 Å². The Morgan fingerprint density at radius 1 is 1.50 bits per heavy atom. The Morgan fingerprint density at radius 3 is 3.00 bits per heavy atom. The summed E-state index contributed by atoms with van der Waals surface area (Å²) in [5.74, 6) is 0. The Morgan fingerprint density at radius 2 is 2.28 bits per heavy atom. The van der Waals surface area contributed by atoms with Crippen molar-refractivity contribution in [1.82, 2.24) is 14.5 Å². The van der Waals surface area contributed by atoms with Gasteiger partial charge in [-0.15, -0.1) is 0 Å². The fourth-order valence-corrected chi connectivity index (χ4v) is 4.21. The van der Waals surface area contributed by atoms with E-state index >= 15 is 0 Å². The highest BCUT2D eigenvalue weighted by atomic mass is 32.2. The second-order valence-corrected chi connectivity index (χ2v) is 6.57. The van der Waals surface area contributed by atoms with E-state index in [0.717, 1.165) is 25.7 Å². The van der Waals surface area contributed by atoms with Crippen LogP contribution in [-0.4, -0.2) is 35.5 Å². The average Bonchev–Trinajstić information content (AvgIpc) is 2.72. The van der Waals surface area contributed by atoms with E-state index in [9.17, 15) is 8.42 Å². The molecule has 2 rings (SSSR count). The quantitative estimate of drug-likeness (QED) is 0.852. The van der Waals surface area contributed by atoms with Crippen molar-refractivity contribution >= 4 is 10.0 Å². The summed E-state index contributed by atoms with van der Waals surface area (Å²) in [5.41, 5.74) is 6.09. The molecule has 7 heteroatoms. The van der Waals surface area contributed by atoms with Crippen molar-refractivity contribution in [2.75, 3.05) is 6.54 Å². The molecule has 0 bridgehead atoms. The van der Waals surface area contributed by atoms with E-state index in [1.807, 2.05) is 6.92 Å². The highest BCUT2D eigenvalue weighted by molar-refractivity contribution is 7.89. The number of aromatic nitrogens is 2. The van der Waals surface area contributed by atoms with Crippen molar-refractivity contribution in [3.63, 3.8) is 0 Å². The second kappa shape index (κ2) is 5.38. The molecular formula is C11H20N4O2S. The maximum atomic E-state index is 12.6. The predicted octanol–water partition coefficient (Wildman–Crippen LogP) is 0.822. The molecule has 0 saturated carbocycles. The number of H-pyrrole nitrogens is 1. The topological polar surface area (TPSA) is 92.1 Å². The Kier molecular flexibility index (Phi) is 4.04. The van der Waals surface area contributed by atoms with E-state index in [0.29, 0.717) is 12.1 Å². The Bertz CT molecular complexity index is 497. The zero-order valence-corrected chi connectivity index (χ0v) is 11.4. The highest BCUT2D eigenvalue weighted by Crippen LogP contribution is 2.25. The van der Waals surface area contributed by atoms with Gasteiger partial charge in [0.05, 0.1) is 6.20 Å². The molecule has 6 nitrogen and oxygen atoms in total. The number of sulfonamides is 1. The third kappa shape index (κ3) is 2.43. The second-order valence-electron chi connectivity index (χ2n) is 4.74. The maximum Gasteiger partial charge on any atom is 0.260 e. The molecule has 1 aliphatic rings. The number of rotatable bonds is 3. The predicted molar refractivity (Wildman–Crippen MR) is 68.3 cm³/mol. The Balaban J connectivity index is 2.35. The van der Waals surface area contributed by atoms with E-state index in [1.165, 1.54) is 6.20 Å². The summed E-state index contributed by atoms with van der Waals surface area (Å²) >= 11 is 0. The first-order valence-corrected chi connectivity index (χ1v) is 7.75. The summed E-state index contributed by atoms with van der Waals surface area (Å²) < 4.78 is 26.8. The number of hydrogen-bond donors (Lipinski definition) is 2. The first-order valence-electron chi connectivity index (χ1n) is 6.31. The molecule has 0 aliphatic carbocycles. The summed E-state index contributed by atoms with van der Waals surface area (Å²) in [7, 11) is -3.50. The molecule has 1 unspecified atom stereocenters. The van der Waals surface area contributed by atoms with Gasteiger partial charge in [-0.25, -0.2) is 8.42 Å². The van der Waals surface area contributed by atoms with Crippen molar-refractivity contribution in [3.8, 4) is 0 Å². The fourth-order valence-electron chi connectivity index (χ4n) is 2.39. The van der Waals surface area contributed by atoms with Crippen LogP contribution in [-0.2, 0) is 16.6 Å². The molecule has 0 aromatic carbocycles. The molecule has 0 radical (unpaired) electrons. The van der Waals surface area contributed by atoms with Gasteiger partial charge in [0, 0.05) is 24.7 Å². The van der Waals surface area contributed by atoms with E-state index in [2.05, 4.69) is 10.2 Å². The largest absolute Gasteiger partial charge is 0.326 e. The third-order valence-corrected chi connectivity index (χ3v) is 5.49. The third-order valence-electron chi connectivity index (χ3n) is 3.46. The first kappa shape index (κ1) is 13.5. The Hall–Kier alpha value is -0.920. The summed E-state index contributed by atoms with van der Waals surface area (Å²) in [6.45, 7) is 2.71. The van der Waals surface area contributed by atoms with E-state index in [1.54, 1.807) is 4.31 Å². The van der Waals surface area contributed by atoms with Crippen LogP contribution < -0.4 is 5.73 Å². The summed E-state index contributed by atoms with van der Waals surface area (Å²) in [6, 6.07) is 0.0337. The summed E-state index contributed by atoms with van der Waals surface area (Å²) in [4.78, 5) is 0. The molecule has 3 N–H and O–H groups in total. The zero-order chi connectivity index (χ0) is 13.2. The van der Waals surface area contributed by atoms with Crippen LogP contribution in [0.3, 0.4) is 0 Å². The van der Waals surface area contributed by atoms with Gasteiger partial charge in [-0.3, -0.25) is 5.10 Å².